The monoisotopic (exact) mass is 1380 g/mol. The number of hydrogen-bond acceptors (Lipinski definition) is 20. The number of para-hydroxylation sites is 1. The van der Waals surface area contributed by atoms with Crippen LogP contribution in [0.15, 0.2) is 110 Å². The molecule has 2 fully saturated rings. The Morgan fingerprint density at radius 2 is 1.45 bits per heavy atom. The molecule has 4 atom stereocenters. The number of imide groups is 2. The lowest BCUT2D eigenvalue weighted by Gasteiger charge is -2.38. The normalized spacial score (nSPS) is 15.8. The predicted molar refractivity (Wildman–Crippen MR) is 366 cm³/mol. The van der Waals surface area contributed by atoms with Crippen LogP contribution in [0.5, 0.6) is 5.75 Å². The zero-order valence-corrected chi connectivity index (χ0v) is 56.5. The van der Waals surface area contributed by atoms with Crippen LogP contribution in [0.25, 0.3) is 22.5 Å². The number of aryl methyl sites for hydroxylation is 1. The number of aromatic nitrogens is 5. The first kappa shape index (κ1) is 71.8. The summed E-state index contributed by atoms with van der Waals surface area (Å²) in [6, 6.07) is 18.4. The molecule has 0 saturated carbocycles. The van der Waals surface area contributed by atoms with Crippen molar-refractivity contribution >= 4 is 94.1 Å². The van der Waals surface area contributed by atoms with Crippen molar-refractivity contribution in [2.45, 2.75) is 109 Å². The Kier molecular flexibility index (Phi) is 23.5. The highest BCUT2D eigenvalue weighted by Gasteiger charge is 2.41. The first-order valence-electron chi connectivity index (χ1n) is 33.2. The molecule has 101 heavy (non-hydrogen) atoms. The third-order valence-corrected chi connectivity index (χ3v) is 17.6. The number of alkyl carbamates (subject to hydrolysis) is 1. The second-order valence-corrected chi connectivity index (χ2v) is 24.6. The average Bonchev–Trinajstić information content (AvgIpc) is 1.67. The minimum absolute atomic E-state index is 0.109. The Morgan fingerprint density at radius 1 is 0.723 bits per heavy atom. The average molecular weight is 1380 g/mol. The molecule has 7 heterocycles. The molecule has 3 aromatic carbocycles. The van der Waals surface area contributed by atoms with Gasteiger partial charge < -0.3 is 61.4 Å². The van der Waals surface area contributed by atoms with Gasteiger partial charge in [-0.05, 0) is 106 Å². The number of fused-ring (bicyclic) bond motifs is 1. The zero-order valence-electron chi connectivity index (χ0n) is 56.5. The Hall–Kier alpha value is -11.9. The number of amides is 12. The fourth-order valence-corrected chi connectivity index (χ4v) is 12.1. The summed E-state index contributed by atoms with van der Waals surface area (Å²) in [5, 5.41) is 26.2. The number of carbonyl (C=O) groups is 12. The number of benzene rings is 3. The van der Waals surface area contributed by atoms with Crippen LogP contribution in [0.1, 0.15) is 114 Å². The van der Waals surface area contributed by atoms with Crippen molar-refractivity contribution in [3.63, 3.8) is 0 Å². The van der Waals surface area contributed by atoms with Gasteiger partial charge in [0.25, 0.3) is 29.5 Å². The molecule has 0 aliphatic carbocycles. The Labute approximate surface area is 580 Å². The summed E-state index contributed by atoms with van der Waals surface area (Å²) in [5.74, 6) is -3.18. The van der Waals surface area contributed by atoms with E-state index in [2.05, 4.69) is 67.5 Å². The number of piperidine rings is 1. The van der Waals surface area contributed by atoms with E-state index in [1.807, 2.05) is 12.1 Å². The molecule has 3 aromatic heterocycles. The molecule has 6 aromatic rings. The SMILES string of the molecule is CNC(=O)c1cnc(Nc2ccc(C(=O)NC(CCCCNC(=O)OCc3ccc(NC(=O)[C@H](C)NC(=O)[C@H](C)NC(=O)CCCCCN4C(=O)C=CC4=O)cc3)C(=O)N3CCN(c4cccc5c4CN(C4CCC(=O)NC4=O)C5=O)CC3)cn2)cc1-c1cccc(-c2ncn(C)n2)c1OC. The van der Waals surface area contributed by atoms with Crippen molar-refractivity contribution in [2.75, 3.05) is 69.0 Å². The van der Waals surface area contributed by atoms with E-state index < -0.39 is 59.8 Å². The smallest absolute Gasteiger partial charge is 0.407 e. The highest BCUT2D eigenvalue weighted by Crippen LogP contribution is 2.40. The van der Waals surface area contributed by atoms with Gasteiger partial charge in [-0.25, -0.2) is 19.7 Å². The topological polar surface area (TPSA) is 389 Å². The summed E-state index contributed by atoms with van der Waals surface area (Å²) in [7, 11) is 4.78. The van der Waals surface area contributed by atoms with Gasteiger partial charge in [0.15, 0.2) is 5.82 Å². The van der Waals surface area contributed by atoms with Gasteiger partial charge in [0.05, 0.1) is 23.8 Å². The van der Waals surface area contributed by atoms with E-state index in [-0.39, 0.29) is 112 Å². The van der Waals surface area contributed by atoms with E-state index in [4.69, 9.17) is 9.47 Å². The number of ether oxygens (including phenoxy) is 2. The summed E-state index contributed by atoms with van der Waals surface area (Å²) in [4.78, 5) is 175. The summed E-state index contributed by atoms with van der Waals surface area (Å²) in [6.07, 6.45) is 9.14. The van der Waals surface area contributed by atoms with E-state index >= 15 is 0 Å². The number of hydrogen-bond donors (Lipinski definition) is 8. The summed E-state index contributed by atoms with van der Waals surface area (Å²) in [6.45, 7) is 4.81. The lowest BCUT2D eigenvalue weighted by atomic mass is 9.97. The largest absolute Gasteiger partial charge is 0.495 e. The van der Waals surface area contributed by atoms with Gasteiger partial charge in [0.2, 0.25) is 35.4 Å². The maximum absolute atomic E-state index is 14.6. The molecule has 4 aliphatic rings. The third-order valence-electron chi connectivity index (χ3n) is 17.6. The van der Waals surface area contributed by atoms with Crippen LogP contribution in [0, 0.1) is 0 Å². The fourth-order valence-electron chi connectivity index (χ4n) is 12.1. The van der Waals surface area contributed by atoms with Gasteiger partial charge in [-0.3, -0.25) is 67.6 Å². The van der Waals surface area contributed by atoms with Crippen molar-refractivity contribution in [1.82, 2.24) is 71.3 Å². The molecular weight excluding hydrogens is 1300 g/mol. The molecule has 0 spiro atoms. The first-order valence-corrected chi connectivity index (χ1v) is 33.2. The number of nitrogens with one attached hydrogen (secondary N) is 8. The summed E-state index contributed by atoms with van der Waals surface area (Å²) in [5.41, 5.74) is 5.09. The van der Waals surface area contributed by atoms with Crippen LogP contribution in [0.3, 0.4) is 0 Å². The minimum Gasteiger partial charge on any atom is -0.495 e. The van der Waals surface area contributed by atoms with E-state index in [0.717, 1.165) is 16.2 Å². The number of anilines is 4. The molecule has 10 rings (SSSR count). The number of nitrogens with zero attached hydrogens (tertiary/aromatic N) is 9. The maximum atomic E-state index is 14.6. The molecule has 31 heteroatoms. The highest BCUT2D eigenvalue weighted by molar-refractivity contribution is 6.13. The molecule has 0 bridgehead atoms. The van der Waals surface area contributed by atoms with Crippen molar-refractivity contribution in [3.8, 4) is 28.3 Å². The molecule has 0 radical (unpaired) electrons. The number of rotatable bonds is 29. The van der Waals surface area contributed by atoms with Crippen LogP contribution in [-0.4, -0.2) is 188 Å². The molecule has 8 N–H and O–H groups in total. The summed E-state index contributed by atoms with van der Waals surface area (Å²) < 4.78 is 12.9. The molecule has 31 nitrogen and oxygen atoms in total. The van der Waals surface area contributed by atoms with Gasteiger partial charge >= 0.3 is 6.09 Å². The van der Waals surface area contributed by atoms with Crippen LogP contribution >= 0.6 is 0 Å². The second kappa shape index (κ2) is 33.1. The van der Waals surface area contributed by atoms with E-state index in [1.54, 1.807) is 89.7 Å². The first-order chi connectivity index (χ1) is 48.7. The molecule has 4 aliphatic heterocycles. The van der Waals surface area contributed by atoms with Crippen molar-refractivity contribution in [1.29, 1.82) is 0 Å². The fraction of sp³-hybridized carbons (Fsp3) is 0.371. The van der Waals surface area contributed by atoms with E-state index in [0.29, 0.717) is 102 Å². The van der Waals surface area contributed by atoms with Gasteiger partial charge in [-0.15, -0.1) is 0 Å². The van der Waals surface area contributed by atoms with E-state index in [9.17, 15) is 57.5 Å². The number of piperazine rings is 1. The number of unbranched alkanes of at least 4 members (excludes halogenated alkanes) is 3. The van der Waals surface area contributed by atoms with Crippen LogP contribution < -0.4 is 52.2 Å². The number of carbonyl (C=O) groups excluding carboxylic acids is 12. The van der Waals surface area contributed by atoms with Crippen molar-refractivity contribution < 1.29 is 67.0 Å². The van der Waals surface area contributed by atoms with Crippen LogP contribution in [0.4, 0.5) is 27.8 Å². The Morgan fingerprint density at radius 3 is 2.15 bits per heavy atom. The minimum atomic E-state index is -1.01. The lowest BCUT2D eigenvalue weighted by molar-refractivity contribution is -0.138. The molecular formula is C70H79N17O14. The lowest BCUT2D eigenvalue weighted by Crippen LogP contribution is -2.55. The van der Waals surface area contributed by atoms with Crippen LogP contribution in [0.2, 0.25) is 0 Å². The molecule has 12 amide bonds. The third kappa shape index (κ3) is 17.9. The molecule has 2 unspecified atom stereocenters. The second-order valence-electron chi connectivity index (χ2n) is 24.6. The molecule has 2 saturated heterocycles. The Bertz CT molecular complexity index is 4170. The maximum Gasteiger partial charge on any atom is 0.407 e. The van der Waals surface area contributed by atoms with E-state index in [1.165, 1.54) is 57.5 Å². The number of methoxy groups -OCH3 is 1. The quantitative estimate of drug-likeness (QED) is 0.0245. The van der Waals surface area contributed by atoms with Gasteiger partial charge in [0.1, 0.15) is 54.5 Å². The zero-order chi connectivity index (χ0) is 71.9. The number of pyridine rings is 2. The molecule has 528 valence electrons. The van der Waals surface area contributed by atoms with Gasteiger partial charge in [-0.1, -0.05) is 36.8 Å². The van der Waals surface area contributed by atoms with Crippen molar-refractivity contribution in [3.05, 3.63) is 138 Å². The van der Waals surface area contributed by atoms with Crippen LogP contribution in [-0.2, 0) is 63.3 Å². The standard InChI is InChI=1S/C70H79N17O14/c1-41(76-57(88)18-7-6-10-30-86-59(90)27-28-60(86)91)63(92)77-42(2)64(93)78-45-22-19-43(20-23-45)39-101-70(99)72-29-9-8-16-52(69(98)85-33-31-84(32-34-85)53-17-12-14-47-51(53)38-87(68(47)97)54-24-26-58(89)81-67(54)96)79-65(94)44-21-25-55(73-36-44)80-56-35-49(50(37-74-56)66(95)71-3)46-13-11-15-48(61(46)100-5)62-75-40-83(4)82-62/h11-15,17,19-23,25,27-28,35-37,40-42,52,54H,6-10,16,18,24,26,29-34,38-39H2,1-5H3,(H,71,95)(H,72,99)(H,76,88)(H,77,92)(H,78,93)(H,79,94)(H,73,74,80)(H,81,89,96)/t41-,42-,52?,54?/m0/s1. The summed E-state index contributed by atoms with van der Waals surface area (Å²) >= 11 is 0. The van der Waals surface area contributed by atoms with Crippen molar-refractivity contribution in [2.24, 2.45) is 7.05 Å². The van der Waals surface area contributed by atoms with Gasteiger partial charge in [0, 0.05) is 131 Å². The highest BCUT2D eigenvalue weighted by atomic mass is 16.5. The van der Waals surface area contributed by atoms with Gasteiger partial charge in [-0.2, -0.15) is 5.10 Å². The predicted octanol–water partition coefficient (Wildman–Crippen LogP) is 3.79. The Balaban J connectivity index is 0.718.